The van der Waals surface area contributed by atoms with Crippen LogP contribution in [0.4, 0.5) is 5.69 Å². The topological polar surface area (TPSA) is 114 Å². The first kappa shape index (κ1) is 20.5. The van der Waals surface area contributed by atoms with Gasteiger partial charge in [0, 0.05) is 19.5 Å². The van der Waals surface area contributed by atoms with Gasteiger partial charge in [-0.05, 0) is 36.5 Å². The molecule has 0 bridgehead atoms. The van der Waals surface area contributed by atoms with Crippen molar-refractivity contribution >= 4 is 17.3 Å². The highest BCUT2D eigenvalue weighted by Crippen LogP contribution is 2.37. The molecule has 0 radical (unpaired) electrons. The normalized spacial score (nSPS) is 19.5. The molecule has 29 heavy (non-hydrogen) atoms. The Morgan fingerprint density at radius 1 is 1.21 bits per heavy atom. The van der Waals surface area contributed by atoms with Crippen LogP contribution in [0.1, 0.15) is 47.7 Å². The molecule has 1 aliphatic rings. The van der Waals surface area contributed by atoms with Gasteiger partial charge in [0.25, 0.3) is 0 Å². The Bertz CT molecular complexity index is 929. The Kier molecular flexibility index (Phi) is 5.95. The van der Waals surface area contributed by atoms with Crippen LogP contribution in [-0.4, -0.2) is 40.5 Å². The van der Waals surface area contributed by atoms with Crippen molar-refractivity contribution in [1.82, 2.24) is 9.78 Å². The molecule has 2 atom stereocenters. The van der Waals surface area contributed by atoms with Crippen LogP contribution < -0.4 is 9.47 Å². The van der Waals surface area contributed by atoms with Crippen molar-refractivity contribution in [2.45, 2.75) is 31.6 Å². The quantitative estimate of drug-likeness (QED) is 0.240. The zero-order valence-electron chi connectivity index (χ0n) is 16.6. The molecule has 1 fully saturated rings. The molecule has 1 heterocycles. The standard InChI is InChI=1S/C20H23N3O6/c1-22-11-17(23(26)27)19(21-22)20(25)16-6-4-5-12(9-18(16)24)13-7-14(28-2)10-15(8-13)29-3/h7-8,10-12,16H,4-6,9H2,1-3H3. The number of ketones is 2. The van der Waals surface area contributed by atoms with Crippen LogP contribution >= 0.6 is 0 Å². The summed E-state index contributed by atoms with van der Waals surface area (Å²) in [5.41, 5.74) is 0.285. The van der Waals surface area contributed by atoms with E-state index in [-0.39, 0.29) is 29.5 Å². The molecule has 1 aliphatic carbocycles. The summed E-state index contributed by atoms with van der Waals surface area (Å²) in [6.07, 6.45) is 3.07. The first-order valence-electron chi connectivity index (χ1n) is 9.32. The Hall–Kier alpha value is -3.23. The van der Waals surface area contributed by atoms with Crippen LogP contribution in [-0.2, 0) is 11.8 Å². The molecule has 0 saturated heterocycles. The minimum Gasteiger partial charge on any atom is -0.497 e. The maximum Gasteiger partial charge on any atom is 0.318 e. The molecule has 1 saturated carbocycles. The van der Waals surface area contributed by atoms with E-state index in [2.05, 4.69) is 5.10 Å². The van der Waals surface area contributed by atoms with E-state index in [4.69, 9.17) is 9.47 Å². The third kappa shape index (κ3) is 4.28. The van der Waals surface area contributed by atoms with Gasteiger partial charge in [0.2, 0.25) is 11.5 Å². The first-order valence-corrected chi connectivity index (χ1v) is 9.32. The summed E-state index contributed by atoms with van der Waals surface area (Å²) in [5.74, 6) is -0.532. The summed E-state index contributed by atoms with van der Waals surface area (Å²) in [6.45, 7) is 0. The molecule has 9 heteroatoms. The fourth-order valence-corrected chi connectivity index (χ4v) is 3.79. The summed E-state index contributed by atoms with van der Waals surface area (Å²) in [7, 11) is 4.63. The summed E-state index contributed by atoms with van der Waals surface area (Å²) in [4.78, 5) is 36.4. The third-order valence-electron chi connectivity index (χ3n) is 5.28. The average molecular weight is 401 g/mol. The fourth-order valence-electron chi connectivity index (χ4n) is 3.79. The van der Waals surface area contributed by atoms with Gasteiger partial charge in [0.05, 0.1) is 25.1 Å². The largest absolute Gasteiger partial charge is 0.497 e. The molecule has 154 valence electrons. The van der Waals surface area contributed by atoms with Crippen LogP contribution in [0.2, 0.25) is 0 Å². The molecule has 2 unspecified atom stereocenters. The van der Waals surface area contributed by atoms with Crippen molar-refractivity contribution in [2.75, 3.05) is 14.2 Å². The van der Waals surface area contributed by atoms with Gasteiger partial charge in [-0.25, -0.2) is 0 Å². The Morgan fingerprint density at radius 3 is 2.45 bits per heavy atom. The van der Waals surface area contributed by atoms with Gasteiger partial charge in [-0.2, -0.15) is 5.10 Å². The van der Waals surface area contributed by atoms with Gasteiger partial charge in [-0.3, -0.25) is 24.4 Å². The molecule has 9 nitrogen and oxygen atoms in total. The predicted octanol–water partition coefficient (Wildman–Crippen LogP) is 3.07. The van der Waals surface area contributed by atoms with Crippen LogP contribution in [0.5, 0.6) is 11.5 Å². The van der Waals surface area contributed by atoms with Crippen molar-refractivity contribution in [1.29, 1.82) is 0 Å². The van der Waals surface area contributed by atoms with Crippen molar-refractivity contribution in [3.8, 4) is 11.5 Å². The number of carbonyl (C=O) groups is 2. The van der Waals surface area contributed by atoms with E-state index in [0.29, 0.717) is 24.3 Å². The number of aryl methyl sites for hydroxylation is 1. The minimum atomic E-state index is -0.916. The molecule has 0 N–H and O–H groups in total. The van der Waals surface area contributed by atoms with Crippen LogP contribution in [0.3, 0.4) is 0 Å². The van der Waals surface area contributed by atoms with E-state index in [9.17, 15) is 19.7 Å². The number of methoxy groups -OCH3 is 2. The smallest absolute Gasteiger partial charge is 0.318 e. The summed E-state index contributed by atoms with van der Waals surface area (Å²) in [5, 5.41) is 15.2. The van der Waals surface area contributed by atoms with Crippen molar-refractivity contribution in [3.63, 3.8) is 0 Å². The highest BCUT2D eigenvalue weighted by Gasteiger charge is 2.37. The van der Waals surface area contributed by atoms with E-state index in [1.54, 1.807) is 20.3 Å². The molecular weight excluding hydrogens is 378 g/mol. The van der Waals surface area contributed by atoms with E-state index >= 15 is 0 Å². The van der Waals surface area contributed by atoms with Gasteiger partial charge in [-0.15, -0.1) is 0 Å². The van der Waals surface area contributed by atoms with Gasteiger partial charge < -0.3 is 9.47 Å². The molecule has 0 spiro atoms. The Balaban J connectivity index is 1.85. The minimum absolute atomic E-state index is 0.0805. The van der Waals surface area contributed by atoms with Crippen LogP contribution in [0.15, 0.2) is 24.4 Å². The molecule has 1 aromatic carbocycles. The van der Waals surface area contributed by atoms with Gasteiger partial charge in [-0.1, -0.05) is 6.42 Å². The number of rotatable bonds is 6. The third-order valence-corrected chi connectivity index (χ3v) is 5.28. The van der Waals surface area contributed by atoms with Gasteiger partial charge in [0.1, 0.15) is 23.5 Å². The van der Waals surface area contributed by atoms with E-state index < -0.39 is 16.6 Å². The number of Topliss-reactive ketones (excluding diaryl/α,β-unsaturated/α-hetero) is 2. The lowest BCUT2D eigenvalue weighted by atomic mass is 9.88. The molecule has 1 aromatic heterocycles. The zero-order valence-corrected chi connectivity index (χ0v) is 16.6. The fraction of sp³-hybridized carbons (Fsp3) is 0.450. The number of nitrogens with zero attached hydrogens (tertiary/aromatic N) is 3. The number of nitro groups is 1. The first-order chi connectivity index (χ1) is 13.8. The van der Waals surface area contributed by atoms with E-state index in [0.717, 1.165) is 12.0 Å². The van der Waals surface area contributed by atoms with Crippen LogP contribution in [0, 0.1) is 16.0 Å². The Labute approximate surface area is 167 Å². The highest BCUT2D eigenvalue weighted by molar-refractivity contribution is 6.11. The predicted molar refractivity (Wildman–Crippen MR) is 103 cm³/mol. The lowest BCUT2D eigenvalue weighted by Gasteiger charge is -2.16. The molecule has 0 aliphatic heterocycles. The summed E-state index contributed by atoms with van der Waals surface area (Å²) >= 11 is 0. The van der Waals surface area contributed by atoms with Crippen molar-refractivity contribution < 1.29 is 24.0 Å². The SMILES string of the molecule is COc1cc(OC)cc(C2CCCC(C(=O)c3nn(C)cc3[N+](=O)[O-])C(=O)C2)c1. The zero-order chi connectivity index (χ0) is 21.1. The number of carbonyl (C=O) groups excluding carboxylic acids is 2. The maximum absolute atomic E-state index is 12.9. The highest BCUT2D eigenvalue weighted by atomic mass is 16.6. The van der Waals surface area contributed by atoms with Crippen molar-refractivity contribution in [3.05, 3.63) is 45.8 Å². The number of ether oxygens (including phenoxy) is 2. The molecule has 3 rings (SSSR count). The maximum atomic E-state index is 12.9. The van der Waals surface area contributed by atoms with E-state index in [1.165, 1.54) is 17.9 Å². The van der Waals surface area contributed by atoms with Gasteiger partial charge in [0.15, 0.2) is 0 Å². The Morgan fingerprint density at radius 2 is 1.86 bits per heavy atom. The lowest BCUT2D eigenvalue weighted by Crippen LogP contribution is -2.25. The second-order valence-corrected chi connectivity index (χ2v) is 7.15. The monoisotopic (exact) mass is 401 g/mol. The molecule has 2 aromatic rings. The number of benzene rings is 1. The van der Waals surface area contributed by atoms with Crippen LogP contribution in [0.25, 0.3) is 0 Å². The molecular formula is C20H23N3O6. The summed E-state index contributed by atoms with van der Waals surface area (Å²) in [6, 6.07) is 5.49. The van der Waals surface area contributed by atoms with E-state index in [1.807, 2.05) is 12.1 Å². The number of aromatic nitrogens is 2. The second kappa shape index (κ2) is 8.42. The van der Waals surface area contributed by atoms with Crippen molar-refractivity contribution in [2.24, 2.45) is 13.0 Å². The molecule has 0 amide bonds. The number of hydrogen-bond donors (Lipinski definition) is 0. The second-order valence-electron chi connectivity index (χ2n) is 7.15. The number of hydrogen-bond acceptors (Lipinski definition) is 7. The van der Waals surface area contributed by atoms with Gasteiger partial charge >= 0.3 is 5.69 Å². The lowest BCUT2D eigenvalue weighted by molar-refractivity contribution is -0.385. The average Bonchev–Trinajstić information content (AvgIpc) is 3.00. The summed E-state index contributed by atoms with van der Waals surface area (Å²) < 4.78 is 11.8.